The van der Waals surface area contributed by atoms with Gasteiger partial charge in [0.05, 0.1) is 11.7 Å². The summed E-state index contributed by atoms with van der Waals surface area (Å²) in [5.74, 6) is -0.254. The van der Waals surface area contributed by atoms with Gasteiger partial charge in [-0.3, -0.25) is 0 Å². The molecule has 0 aromatic heterocycles. The molecule has 0 aliphatic heterocycles. The van der Waals surface area contributed by atoms with Crippen LogP contribution in [0.15, 0.2) is 24.3 Å². The number of nitrogens with two attached hydrogens (primary N) is 1. The van der Waals surface area contributed by atoms with Gasteiger partial charge in [-0.25, -0.2) is 0 Å². The molecule has 0 heterocycles. The Morgan fingerprint density at radius 3 is 2.47 bits per heavy atom. The normalized spacial score (nSPS) is 19.8. The van der Waals surface area contributed by atoms with Crippen molar-refractivity contribution in [2.24, 2.45) is 11.7 Å². The summed E-state index contributed by atoms with van der Waals surface area (Å²) in [4.78, 5) is 0. The third-order valence-corrected chi connectivity index (χ3v) is 3.94. The fraction of sp³-hybridized carbons (Fsp3) is 0.571. The van der Waals surface area contributed by atoms with Crippen molar-refractivity contribution in [2.45, 2.75) is 37.5 Å². The third kappa shape index (κ3) is 3.09. The van der Waals surface area contributed by atoms with Crippen LogP contribution in [0.2, 0.25) is 0 Å². The summed E-state index contributed by atoms with van der Waals surface area (Å²) in [6.07, 6.45) is -2.09. The molecule has 2 atom stereocenters. The fourth-order valence-corrected chi connectivity index (χ4v) is 2.53. The summed E-state index contributed by atoms with van der Waals surface area (Å²) in [5, 5.41) is 10.2. The van der Waals surface area contributed by atoms with Crippen molar-refractivity contribution in [3.63, 3.8) is 0 Å². The van der Waals surface area contributed by atoms with Gasteiger partial charge >= 0.3 is 6.18 Å². The highest BCUT2D eigenvalue weighted by molar-refractivity contribution is 5.29. The van der Waals surface area contributed by atoms with Gasteiger partial charge in [-0.2, -0.15) is 13.2 Å². The second-order valence-electron chi connectivity index (χ2n) is 5.15. The van der Waals surface area contributed by atoms with E-state index in [1.165, 1.54) is 6.07 Å². The smallest absolute Gasteiger partial charge is 0.392 e. The van der Waals surface area contributed by atoms with E-state index in [0.29, 0.717) is 5.56 Å². The molecule has 1 aromatic rings. The Labute approximate surface area is 110 Å². The van der Waals surface area contributed by atoms with Crippen molar-refractivity contribution >= 4 is 0 Å². The largest absolute Gasteiger partial charge is 0.416 e. The summed E-state index contributed by atoms with van der Waals surface area (Å²) in [7, 11) is 0. The summed E-state index contributed by atoms with van der Waals surface area (Å²) < 4.78 is 38.0. The average molecular weight is 273 g/mol. The Kier molecular flexibility index (Phi) is 4.16. The lowest BCUT2D eigenvalue weighted by atomic mass is 9.74. The standard InChI is InChI=1S/C14H18F3NO/c15-14(16,17)11-6-2-5-10(7-11)12(8-18)13(19)9-3-1-4-9/h2,5-7,9,12-13,19H,1,3-4,8,18H2. The van der Waals surface area contributed by atoms with Gasteiger partial charge in [0.25, 0.3) is 0 Å². The molecule has 0 radical (unpaired) electrons. The molecule has 1 saturated carbocycles. The van der Waals surface area contributed by atoms with Crippen LogP contribution < -0.4 is 5.73 Å². The van der Waals surface area contributed by atoms with E-state index in [1.54, 1.807) is 6.07 Å². The van der Waals surface area contributed by atoms with Crippen LogP contribution in [-0.2, 0) is 6.18 Å². The highest BCUT2D eigenvalue weighted by atomic mass is 19.4. The van der Waals surface area contributed by atoms with E-state index in [2.05, 4.69) is 0 Å². The molecule has 0 spiro atoms. The minimum absolute atomic E-state index is 0.152. The monoisotopic (exact) mass is 273 g/mol. The lowest BCUT2D eigenvalue weighted by Crippen LogP contribution is -2.35. The lowest BCUT2D eigenvalue weighted by molar-refractivity contribution is -0.137. The highest BCUT2D eigenvalue weighted by Crippen LogP contribution is 2.37. The minimum Gasteiger partial charge on any atom is -0.392 e. The third-order valence-electron chi connectivity index (χ3n) is 3.94. The molecule has 2 nitrogen and oxygen atoms in total. The second-order valence-corrected chi connectivity index (χ2v) is 5.15. The van der Waals surface area contributed by atoms with Gasteiger partial charge in [-0.15, -0.1) is 0 Å². The number of aliphatic hydroxyl groups excluding tert-OH is 1. The fourth-order valence-electron chi connectivity index (χ4n) is 2.53. The van der Waals surface area contributed by atoms with Crippen molar-refractivity contribution in [1.29, 1.82) is 0 Å². The van der Waals surface area contributed by atoms with E-state index < -0.39 is 23.8 Å². The molecule has 0 amide bonds. The first-order valence-corrected chi connectivity index (χ1v) is 6.48. The van der Waals surface area contributed by atoms with Crippen LogP contribution in [0.3, 0.4) is 0 Å². The molecule has 1 fully saturated rings. The van der Waals surface area contributed by atoms with E-state index >= 15 is 0 Å². The van der Waals surface area contributed by atoms with Crippen LogP contribution in [0, 0.1) is 5.92 Å². The van der Waals surface area contributed by atoms with E-state index in [-0.39, 0.29) is 12.5 Å². The molecule has 1 aliphatic carbocycles. The predicted octanol–water partition coefficient (Wildman–Crippen LogP) is 2.91. The molecule has 1 aliphatic rings. The van der Waals surface area contributed by atoms with Gasteiger partial charge in [0.2, 0.25) is 0 Å². The molecule has 2 unspecified atom stereocenters. The van der Waals surface area contributed by atoms with Crippen molar-refractivity contribution in [3.05, 3.63) is 35.4 Å². The van der Waals surface area contributed by atoms with Crippen LogP contribution in [-0.4, -0.2) is 17.8 Å². The van der Waals surface area contributed by atoms with E-state index in [0.717, 1.165) is 31.4 Å². The maximum absolute atomic E-state index is 12.7. The zero-order valence-corrected chi connectivity index (χ0v) is 10.5. The summed E-state index contributed by atoms with van der Waals surface area (Å²) in [6, 6.07) is 5.11. The number of rotatable bonds is 4. The maximum Gasteiger partial charge on any atom is 0.416 e. The average Bonchev–Trinajstić information content (AvgIpc) is 2.27. The zero-order chi connectivity index (χ0) is 14.0. The SMILES string of the molecule is NCC(c1cccc(C(F)(F)F)c1)C(O)C1CCC1. The molecule has 106 valence electrons. The van der Waals surface area contributed by atoms with Gasteiger partial charge in [-0.1, -0.05) is 24.6 Å². The van der Waals surface area contributed by atoms with Crippen molar-refractivity contribution in [2.75, 3.05) is 6.54 Å². The Morgan fingerprint density at radius 1 is 1.32 bits per heavy atom. The molecule has 0 saturated heterocycles. The molecule has 1 aromatic carbocycles. The van der Waals surface area contributed by atoms with Crippen molar-refractivity contribution in [3.8, 4) is 0 Å². The van der Waals surface area contributed by atoms with Crippen LogP contribution in [0.4, 0.5) is 13.2 Å². The molecule has 3 N–H and O–H groups in total. The van der Waals surface area contributed by atoms with E-state index in [1.807, 2.05) is 0 Å². The molecular formula is C14H18F3NO. The van der Waals surface area contributed by atoms with Crippen LogP contribution in [0.1, 0.15) is 36.3 Å². The van der Waals surface area contributed by atoms with Crippen LogP contribution in [0.25, 0.3) is 0 Å². The maximum atomic E-state index is 12.7. The van der Waals surface area contributed by atoms with Crippen molar-refractivity contribution < 1.29 is 18.3 Å². The first-order chi connectivity index (χ1) is 8.93. The second kappa shape index (κ2) is 5.51. The van der Waals surface area contributed by atoms with Crippen LogP contribution >= 0.6 is 0 Å². The zero-order valence-electron chi connectivity index (χ0n) is 10.5. The number of hydrogen-bond acceptors (Lipinski definition) is 2. The minimum atomic E-state index is -4.36. The van der Waals surface area contributed by atoms with E-state index in [4.69, 9.17) is 5.73 Å². The first kappa shape index (κ1) is 14.3. The number of benzene rings is 1. The molecular weight excluding hydrogens is 255 g/mol. The number of hydrogen-bond donors (Lipinski definition) is 2. The quantitative estimate of drug-likeness (QED) is 0.886. The van der Waals surface area contributed by atoms with Gasteiger partial charge in [0.15, 0.2) is 0 Å². The van der Waals surface area contributed by atoms with Gasteiger partial charge < -0.3 is 10.8 Å². The lowest BCUT2D eigenvalue weighted by Gasteiger charge is -2.35. The summed E-state index contributed by atoms with van der Waals surface area (Å²) in [6.45, 7) is 0.152. The Bertz CT molecular complexity index is 429. The number of halogens is 3. The highest BCUT2D eigenvalue weighted by Gasteiger charge is 2.34. The predicted molar refractivity (Wildman–Crippen MR) is 66.6 cm³/mol. The van der Waals surface area contributed by atoms with Crippen molar-refractivity contribution in [1.82, 2.24) is 0 Å². The Hall–Kier alpha value is -1.07. The van der Waals surface area contributed by atoms with Gasteiger partial charge in [0, 0.05) is 12.5 Å². The van der Waals surface area contributed by atoms with Gasteiger partial charge in [0.1, 0.15) is 0 Å². The Balaban J connectivity index is 2.22. The van der Waals surface area contributed by atoms with E-state index in [9.17, 15) is 18.3 Å². The molecule has 5 heteroatoms. The van der Waals surface area contributed by atoms with Crippen LogP contribution in [0.5, 0.6) is 0 Å². The number of alkyl halides is 3. The Morgan fingerprint density at radius 2 is 2.00 bits per heavy atom. The summed E-state index contributed by atoms with van der Waals surface area (Å²) in [5.41, 5.74) is 5.42. The summed E-state index contributed by atoms with van der Waals surface area (Å²) >= 11 is 0. The first-order valence-electron chi connectivity index (χ1n) is 6.48. The molecule has 2 rings (SSSR count). The number of aliphatic hydroxyl groups is 1. The topological polar surface area (TPSA) is 46.2 Å². The molecule has 0 bridgehead atoms. The van der Waals surface area contributed by atoms with Gasteiger partial charge in [-0.05, 0) is 30.4 Å². The molecule has 19 heavy (non-hydrogen) atoms.